The number of benzene rings is 1. The van der Waals surface area contributed by atoms with E-state index in [1.165, 1.54) is 16.8 Å². The number of aromatic nitrogens is 2. The molecule has 0 bridgehead atoms. The lowest BCUT2D eigenvalue weighted by Gasteiger charge is -2.21. The molecular weight excluding hydrogens is 314 g/mol. The molecule has 20 heavy (non-hydrogen) atoms. The number of aryl methyl sites for hydroxylation is 2. The summed E-state index contributed by atoms with van der Waals surface area (Å²) in [7, 11) is 2.00. The van der Waals surface area contributed by atoms with Crippen LogP contribution >= 0.6 is 15.9 Å². The van der Waals surface area contributed by atoms with E-state index in [2.05, 4.69) is 78.3 Å². The van der Waals surface area contributed by atoms with Crippen LogP contribution in [0.3, 0.4) is 0 Å². The summed E-state index contributed by atoms with van der Waals surface area (Å²) in [6.07, 6.45) is 0. The van der Waals surface area contributed by atoms with Crippen molar-refractivity contribution in [2.45, 2.75) is 39.8 Å². The first-order valence-electron chi connectivity index (χ1n) is 6.91. The van der Waals surface area contributed by atoms with Crippen molar-refractivity contribution in [2.24, 2.45) is 7.05 Å². The molecule has 0 fully saturated rings. The van der Waals surface area contributed by atoms with E-state index >= 15 is 0 Å². The zero-order chi connectivity index (χ0) is 14.9. The summed E-state index contributed by atoms with van der Waals surface area (Å²) < 4.78 is 3.06. The third kappa shape index (κ3) is 3.13. The van der Waals surface area contributed by atoms with E-state index in [0.717, 1.165) is 10.2 Å². The molecule has 0 saturated carbocycles. The monoisotopic (exact) mass is 335 g/mol. The average molecular weight is 336 g/mol. The second-order valence-electron chi connectivity index (χ2n) is 5.37. The van der Waals surface area contributed by atoms with E-state index in [-0.39, 0.29) is 6.04 Å². The zero-order valence-electron chi connectivity index (χ0n) is 12.7. The van der Waals surface area contributed by atoms with Gasteiger partial charge in [-0.1, -0.05) is 28.1 Å². The first-order valence-corrected chi connectivity index (χ1v) is 7.71. The lowest BCUT2D eigenvalue weighted by atomic mass is 10.0. The van der Waals surface area contributed by atoms with Crippen LogP contribution in [0.25, 0.3) is 0 Å². The van der Waals surface area contributed by atoms with Crippen LogP contribution in [0.4, 0.5) is 0 Å². The molecule has 108 valence electrons. The van der Waals surface area contributed by atoms with E-state index in [9.17, 15) is 0 Å². The van der Waals surface area contributed by atoms with Gasteiger partial charge in [0.05, 0.1) is 5.69 Å². The Bertz CT molecular complexity index is 587. The van der Waals surface area contributed by atoms with Crippen LogP contribution in [-0.4, -0.2) is 9.78 Å². The Morgan fingerprint density at radius 1 is 1.10 bits per heavy atom. The van der Waals surface area contributed by atoms with Crippen LogP contribution in [0.2, 0.25) is 0 Å². The van der Waals surface area contributed by atoms with Gasteiger partial charge in [0, 0.05) is 34.9 Å². The maximum atomic E-state index is 4.49. The Balaban J connectivity index is 2.14. The molecule has 0 radical (unpaired) electrons. The highest BCUT2D eigenvalue weighted by atomic mass is 79.9. The van der Waals surface area contributed by atoms with Gasteiger partial charge in [-0.15, -0.1) is 0 Å². The number of rotatable bonds is 4. The molecule has 0 aliphatic rings. The van der Waals surface area contributed by atoms with Crippen LogP contribution < -0.4 is 5.32 Å². The standard InChI is InChI=1S/C16H22BrN3/c1-10(14-6-8-15(17)9-7-14)18-11(2)16-12(3)19-20(5)13(16)4/h6-11,18H,1-5H3. The van der Waals surface area contributed by atoms with Gasteiger partial charge < -0.3 is 5.32 Å². The van der Waals surface area contributed by atoms with Crippen molar-refractivity contribution < 1.29 is 0 Å². The lowest BCUT2D eigenvalue weighted by molar-refractivity contribution is 0.491. The fraction of sp³-hybridized carbons (Fsp3) is 0.438. The number of nitrogens with zero attached hydrogens (tertiary/aromatic N) is 2. The molecule has 4 heteroatoms. The van der Waals surface area contributed by atoms with Crippen molar-refractivity contribution in [3.05, 3.63) is 51.3 Å². The van der Waals surface area contributed by atoms with Crippen molar-refractivity contribution in [1.29, 1.82) is 0 Å². The maximum absolute atomic E-state index is 4.49. The van der Waals surface area contributed by atoms with Crippen molar-refractivity contribution >= 4 is 15.9 Å². The molecule has 0 spiro atoms. The topological polar surface area (TPSA) is 29.9 Å². The van der Waals surface area contributed by atoms with Crippen LogP contribution in [0, 0.1) is 13.8 Å². The Hall–Kier alpha value is -1.13. The highest BCUT2D eigenvalue weighted by Crippen LogP contribution is 2.24. The third-order valence-electron chi connectivity index (χ3n) is 3.87. The average Bonchev–Trinajstić information content (AvgIpc) is 2.63. The predicted molar refractivity (Wildman–Crippen MR) is 86.8 cm³/mol. The third-order valence-corrected chi connectivity index (χ3v) is 4.40. The van der Waals surface area contributed by atoms with E-state index in [0.29, 0.717) is 6.04 Å². The fourth-order valence-electron chi connectivity index (χ4n) is 2.72. The SMILES string of the molecule is Cc1nn(C)c(C)c1C(C)NC(C)c1ccc(Br)cc1. The largest absolute Gasteiger partial charge is 0.304 e. The maximum Gasteiger partial charge on any atom is 0.0644 e. The second kappa shape index (κ2) is 6.10. The molecule has 2 unspecified atom stereocenters. The Morgan fingerprint density at radius 2 is 1.70 bits per heavy atom. The molecular formula is C16H22BrN3. The molecule has 0 aliphatic carbocycles. The molecule has 1 heterocycles. The molecule has 3 nitrogen and oxygen atoms in total. The molecule has 2 aromatic rings. The van der Waals surface area contributed by atoms with Crippen molar-refractivity contribution in [2.75, 3.05) is 0 Å². The quantitative estimate of drug-likeness (QED) is 0.906. The summed E-state index contributed by atoms with van der Waals surface area (Å²) in [5.74, 6) is 0. The van der Waals surface area contributed by atoms with Crippen molar-refractivity contribution in [1.82, 2.24) is 15.1 Å². The van der Waals surface area contributed by atoms with Crippen LogP contribution in [0.1, 0.15) is 48.4 Å². The van der Waals surface area contributed by atoms with E-state index < -0.39 is 0 Å². The Kier molecular flexibility index (Phi) is 4.66. The molecule has 1 N–H and O–H groups in total. The molecule has 1 aromatic heterocycles. The van der Waals surface area contributed by atoms with E-state index in [1.54, 1.807) is 0 Å². The predicted octanol–water partition coefficient (Wildman–Crippen LogP) is 4.21. The molecule has 0 aliphatic heterocycles. The van der Waals surface area contributed by atoms with Gasteiger partial charge in [-0.05, 0) is 45.4 Å². The zero-order valence-corrected chi connectivity index (χ0v) is 14.3. The minimum absolute atomic E-state index is 0.280. The molecule has 1 aromatic carbocycles. The van der Waals surface area contributed by atoms with Crippen LogP contribution in [0.5, 0.6) is 0 Å². The lowest BCUT2D eigenvalue weighted by Crippen LogP contribution is -2.23. The summed E-state index contributed by atoms with van der Waals surface area (Å²) in [5, 5.41) is 8.15. The minimum Gasteiger partial charge on any atom is -0.304 e. The minimum atomic E-state index is 0.280. The van der Waals surface area contributed by atoms with Gasteiger partial charge in [0.1, 0.15) is 0 Å². The van der Waals surface area contributed by atoms with Crippen LogP contribution in [0.15, 0.2) is 28.7 Å². The van der Waals surface area contributed by atoms with Gasteiger partial charge in [0.2, 0.25) is 0 Å². The highest BCUT2D eigenvalue weighted by molar-refractivity contribution is 9.10. The molecule has 2 atom stereocenters. The van der Waals surface area contributed by atoms with Crippen molar-refractivity contribution in [3.8, 4) is 0 Å². The molecule has 2 rings (SSSR count). The smallest absolute Gasteiger partial charge is 0.0644 e. The first kappa shape index (κ1) is 15.3. The van der Waals surface area contributed by atoms with Gasteiger partial charge in [0.15, 0.2) is 0 Å². The Morgan fingerprint density at radius 3 is 2.20 bits per heavy atom. The van der Waals surface area contributed by atoms with E-state index in [1.807, 2.05) is 11.7 Å². The summed E-state index contributed by atoms with van der Waals surface area (Å²) in [6, 6.07) is 9.05. The highest BCUT2D eigenvalue weighted by Gasteiger charge is 2.18. The van der Waals surface area contributed by atoms with Gasteiger partial charge in [-0.2, -0.15) is 5.10 Å². The van der Waals surface area contributed by atoms with Crippen LogP contribution in [-0.2, 0) is 7.05 Å². The number of hydrogen-bond donors (Lipinski definition) is 1. The number of halogens is 1. The number of hydrogen-bond acceptors (Lipinski definition) is 2. The molecule has 0 amide bonds. The van der Waals surface area contributed by atoms with Crippen molar-refractivity contribution in [3.63, 3.8) is 0 Å². The van der Waals surface area contributed by atoms with Gasteiger partial charge in [-0.25, -0.2) is 0 Å². The molecule has 0 saturated heterocycles. The summed E-state index contributed by atoms with van der Waals surface area (Å²) in [6.45, 7) is 8.59. The summed E-state index contributed by atoms with van der Waals surface area (Å²) >= 11 is 3.47. The normalized spacial score (nSPS) is 14.3. The second-order valence-corrected chi connectivity index (χ2v) is 6.29. The van der Waals surface area contributed by atoms with Gasteiger partial charge >= 0.3 is 0 Å². The fourth-order valence-corrected chi connectivity index (χ4v) is 2.99. The van der Waals surface area contributed by atoms with E-state index in [4.69, 9.17) is 0 Å². The summed E-state index contributed by atoms with van der Waals surface area (Å²) in [5.41, 5.74) is 4.93. The number of nitrogens with one attached hydrogen (secondary N) is 1. The Labute approximate surface area is 129 Å². The summed E-state index contributed by atoms with van der Waals surface area (Å²) in [4.78, 5) is 0. The van der Waals surface area contributed by atoms with Gasteiger partial charge in [0.25, 0.3) is 0 Å². The first-order chi connectivity index (χ1) is 9.40. The van der Waals surface area contributed by atoms with Gasteiger partial charge in [-0.3, -0.25) is 4.68 Å².